The van der Waals surface area contributed by atoms with Crippen LogP contribution in [0.5, 0.6) is 0 Å². The van der Waals surface area contributed by atoms with E-state index in [1.165, 1.54) is 5.06 Å². The molecule has 0 spiro atoms. The molecule has 1 heterocycles. The van der Waals surface area contributed by atoms with Crippen LogP contribution in [0.15, 0.2) is 24.3 Å². The van der Waals surface area contributed by atoms with Crippen LogP contribution in [0.4, 0.5) is 10.5 Å². The van der Waals surface area contributed by atoms with Crippen LogP contribution in [0.2, 0.25) is 0 Å². The topological polar surface area (TPSA) is 49.0 Å². The van der Waals surface area contributed by atoms with Gasteiger partial charge in [-0.15, -0.1) is 0 Å². The molecule has 5 heteroatoms. The normalized spacial score (nSPS) is 18.1. The third-order valence-corrected chi connectivity index (χ3v) is 2.37. The van der Waals surface area contributed by atoms with Gasteiger partial charge in [-0.05, 0) is 20.8 Å². The highest BCUT2D eigenvalue weighted by Crippen LogP contribution is 2.37. The first-order valence-electron chi connectivity index (χ1n) is 5.66. The molecule has 1 saturated heterocycles. The lowest BCUT2D eigenvalue weighted by Crippen LogP contribution is -2.43. The van der Waals surface area contributed by atoms with E-state index in [-0.39, 0.29) is 17.8 Å². The summed E-state index contributed by atoms with van der Waals surface area (Å²) in [6, 6.07) is 6.76. The number of hydrogen-bond donors (Lipinski definition) is 1. The van der Waals surface area contributed by atoms with Gasteiger partial charge in [0.1, 0.15) is 0 Å². The first-order chi connectivity index (χ1) is 8.40. The lowest BCUT2D eigenvalue weighted by molar-refractivity contribution is 0.169. The van der Waals surface area contributed by atoms with Crippen LogP contribution in [0, 0.1) is 6.57 Å². The van der Waals surface area contributed by atoms with Gasteiger partial charge in [0, 0.05) is 11.1 Å². The van der Waals surface area contributed by atoms with Crippen molar-refractivity contribution in [1.29, 1.82) is 0 Å². The second kappa shape index (κ2) is 4.31. The van der Waals surface area contributed by atoms with E-state index in [4.69, 9.17) is 11.4 Å². The monoisotopic (exact) mass is 245 g/mol. The molecule has 94 valence electrons. The van der Waals surface area contributed by atoms with Crippen LogP contribution in [0.3, 0.4) is 0 Å². The molecule has 0 bridgehead atoms. The summed E-state index contributed by atoms with van der Waals surface area (Å²) in [6.45, 7) is 12.6. The maximum Gasteiger partial charge on any atom is 0.344 e. The van der Waals surface area contributed by atoms with Gasteiger partial charge in [-0.1, -0.05) is 24.3 Å². The van der Waals surface area contributed by atoms with E-state index in [2.05, 4.69) is 10.2 Å². The van der Waals surface area contributed by atoms with E-state index in [1.807, 2.05) is 20.8 Å². The SMILES string of the molecule is [C-]#[N+]c1ccc(C2ON2C(=O)NC(C)(C)C)cc1. The number of hydrogen-bond acceptors (Lipinski definition) is 2. The van der Waals surface area contributed by atoms with Crippen molar-refractivity contribution in [2.75, 3.05) is 0 Å². The maximum atomic E-state index is 11.8. The standard InChI is InChI=1S/C13H15N3O2/c1-13(2,3)15-12(17)16-11(18-16)9-5-7-10(14-4)8-6-9/h5-8,11H,1-3H3,(H,15,17). The van der Waals surface area contributed by atoms with E-state index >= 15 is 0 Å². The second-order valence-electron chi connectivity index (χ2n) is 5.17. The van der Waals surface area contributed by atoms with Crippen molar-refractivity contribution in [3.8, 4) is 0 Å². The zero-order chi connectivity index (χ0) is 13.3. The molecule has 0 aromatic heterocycles. The lowest BCUT2D eigenvalue weighted by Gasteiger charge is -2.19. The summed E-state index contributed by atoms with van der Waals surface area (Å²) in [5.41, 5.74) is 1.15. The summed E-state index contributed by atoms with van der Waals surface area (Å²) in [4.78, 5) is 20.3. The molecule has 2 amide bonds. The molecule has 0 saturated carbocycles. The Kier molecular flexibility index (Phi) is 2.97. The Morgan fingerprint density at radius 1 is 1.39 bits per heavy atom. The average Bonchev–Trinajstić information content (AvgIpc) is 3.07. The Bertz CT molecular complexity index is 496. The number of benzene rings is 1. The molecule has 2 rings (SSSR count). The summed E-state index contributed by atoms with van der Waals surface area (Å²) in [6.07, 6.45) is -0.341. The first-order valence-corrected chi connectivity index (χ1v) is 5.66. The number of urea groups is 1. The average molecular weight is 245 g/mol. The summed E-state index contributed by atoms with van der Waals surface area (Å²) in [5, 5.41) is 4.11. The lowest BCUT2D eigenvalue weighted by atomic mass is 10.1. The molecule has 0 aliphatic carbocycles. The van der Waals surface area contributed by atoms with E-state index in [9.17, 15) is 4.79 Å². The summed E-state index contributed by atoms with van der Waals surface area (Å²) in [7, 11) is 0. The number of carbonyl (C=O) groups is 1. The van der Waals surface area contributed by atoms with Crippen LogP contribution >= 0.6 is 0 Å². The van der Waals surface area contributed by atoms with E-state index in [0.29, 0.717) is 5.69 Å². The van der Waals surface area contributed by atoms with Crippen molar-refractivity contribution >= 4 is 11.7 Å². The number of hydroxylamine groups is 2. The fourth-order valence-electron chi connectivity index (χ4n) is 1.52. The Morgan fingerprint density at radius 3 is 2.50 bits per heavy atom. The van der Waals surface area contributed by atoms with Crippen LogP contribution < -0.4 is 5.32 Å². The molecule has 18 heavy (non-hydrogen) atoms. The van der Waals surface area contributed by atoms with Crippen molar-refractivity contribution < 1.29 is 9.63 Å². The molecule has 1 aromatic rings. The predicted molar refractivity (Wildman–Crippen MR) is 66.7 cm³/mol. The number of amides is 2. The minimum atomic E-state index is -0.341. The molecule has 5 nitrogen and oxygen atoms in total. The van der Waals surface area contributed by atoms with Crippen molar-refractivity contribution in [1.82, 2.24) is 10.4 Å². The third kappa shape index (κ3) is 2.79. The highest BCUT2D eigenvalue weighted by molar-refractivity contribution is 5.75. The minimum Gasteiger partial charge on any atom is -0.332 e. The van der Waals surface area contributed by atoms with Gasteiger partial charge in [0.2, 0.25) is 6.23 Å². The van der Waals surface area contributed by atoms with Gasteiger partial charge in [-0.25, -0.2) is 14.5 Å². The molecule has 1 aliphatic rings. The van der Waals surface area contributed by atoms with Crippen molar-refractivity contribution in [3.63, 3.8) is 0 Å². The Morgan fingerprint density at radius 2 is 2.00 bits per heavy atom. The second-order valence-corrected chi connectivity index (χ2v) is 5.17. The fraction of sp³-hybridized carbons (Fsp3) is 0.385. The van der Waals surface area contributed by atoms with Crippen molar-refractivity contribution in [3.05, 3.63) is 41.2 Å². The Hall–Kier alpha value is -2.06. The van der Waals surface area contributed by atoms with E-state index in [0.717, 1.165) is 5.56 Å². The van der Waals surface area contributed by atoms with Gasteiger partial charge < -0.3 is 5.32 Å². The Balaban J connectivity index is 1.98. The molecular formula is C13H15N3O2. The molecule has 1 atom stereocenters. The van der Waals surface area contributed by atoms with Crippen molar-refractivity contribution in [2.24, 2.45) is 0 Å². The zero-order valence-corrected chi connectivity index (χ0v) is 10.6. The van der Waals surface area contributed by atoms with Crippen LogP contribution in [0.25, 0.3) is 4.85 Å². The summed E-state index contributed by atoms with van der Waals surface area (Å²) < 4.78 is 0. The quantitative estimate of drug-likeness (QED) is 0.610. The molecule has 1 unspecified atom stereocenters. The number of nitrogens with one attached hydrogen (secondary N) is 1. The predicted octanol–water partition coefficient (Wildman–Crippen LogP) is 2.99. The molecule has 1 N–H and O–H groups in total. The van der Waals surface area contributed by atoms with Crippen LogP contribution in [0.1, 0.15) is 32.6 Å². The zero-order valence-electron chi connectivity index (χ0n) is 10.6. The summed E-state index contributed by atoms with van der Waals surface area (Å²) >= 11 is 0. The highest BCUT2D eigenvalue weighted by atomic mass is 16.8. The van der Waals surface area contributed by atoms with Crippen molar-refractivity contribution in [2.45, 2.75) is 32.5 Å². The molecule has 1 aromatic carbocycles. The highest BCUT2D eigenvalue weighted by Gasteiger charge is 2.43. The maximum absolute atomic E-state index is 11.8. The van der Waals surface area contributed by atoms with Gasteiger partial charge >= 0.3 is 6.03 Å². The number of rotatable bonds is 1. The minimum absolute atomic E-state index is 0.248. The summed E-state index contributed by atoms with van der Waals surface area (Å²) in [5.74, 6) is 0. The smallest absolute Gasteiger partial charge is 0.332 e. The van der Waals surface area contributed by atoms with E-state index < -0.39 is 0 Å². The number of nitrogens with zero attached hydrogens (tertiary/aromatic N) is 2. The van der Waals surface area contributed by atoms with Gasteiger partial charge in [0.15, 0.2) is 5.69 Å². The van der Waals surface area contributed by atoms with Gasteiger partial charge in [0.05, 0.1) is 6.57 Å². The molecule has 0 radical (unpaired) electrons. The van der Waals surface area contributed by atoms with Crippen LogP contribution in [-0.2, 0) is 4.84 Å². The molecule has 1 aliphatic heterocycles. The largest absolute Gasteiger partial charge is 0.344 e. The van der Waals surface area contributed by atoms with Gasteiger partial charge in [-0.3, -0.25) is 0 Å². The number of carbonyl (C=O) groups excluding carboxylic acids is 1. The molecular weight excluding hydrogens is 230 g/mol. The van der Waals surface area contributed by atoms with Gasteiger partial charge in [0.25, 0.3) is 0 Å². The fourth-order valence-corrected chi connectivity index (χ4v) is 1.52. The van der Waals surface area contributed by atoms with Gasteiger partial charge in [-0.2, -0.15) is 5.06 Å². The van der Waals surface area contributed by atoms with Crippen LogP contribution in [-0.4, -0.2) is 16.6 Å². The Labute approximate surface area is 106 Å². The third-order valence-electron chi connectivity index (χ3n) is 2.37. The van der Waals surface area contributed by atoms with E-state index in [1.54, 1.807) is 24.3 Å². The first kappa shape index (κ1) is 12.4. The molecule has 1 fully saturated rings.